The van der Waals surface area contributed by atoms with Crippen molar-refractivity contribution in [2.75, 3.05) is 5.32 Å². The number of para-hydroxylation sites is 1. The molecule has 1 heterocycles. The molecule has 0 fully saturated rings. The second-order valence-electron chi connectivity index (χ2n) is 7.67. The molecule has 0 aliphatic carbocycles. The number of unbranched alkanes of at least 4 members (excludes halogenated alkanes) is 1. The minimum absolute atomic E-state index is 0.145. The van der Waals surface area contributed by atoms with Gasteiger partial charge >= 0.3 is 0 Å². The van der Waals surface area contributed by atoms with Crippen molar-refractivity contribution < 1.29 is 9.59 Å². The first-order chi connectivity index (χ1) is 14.1. The lowest BCUT2D eigenvalue weighted by Crippen LogP contribution is -2.17. The third-order valence-electron chi connectivity index (χ3n) is 5.42. The van der Waals surface area contributed by atoms with Gasteiger partial charge in [0, 0.05) is 35.1 Å². The zero-order chi connectivity index (χ0) is 20.6. The summed E-state index contributed by atoms with van der Waals surface area (Å²) >= 11 is 0. The molecule has 0 saturated heterocycles. The molecule has 2 aromatic carbocycles. The van der Waals surface area contributed by atoms with E-state index in [9.17, 15) is 9.59 Å². The number of carbonyl (C=O) groups is 2. The normalized spacial score (nSPS) is 12.1. The molecular formula is C25H30N2O2. The summed E-state index contributed by atoms with van der Waals surface area (Å²) in [5, 5.41) is 3.85. The molecule has 0 spiro atoms. The average molecular weight is 391 g/mol. The minimum Gasteiger partial charge on any atom is -0.360 e. The number of carbonyl (C=O) groups excluding carboxylic acids is 2. The summed E-state index contributed by atoms with van der Waals surface area (Å²) in [7, 11) is 0. The van der Waals surface area contributed by atoms with Crippen LogP contribution in [0.1, 0.15) is 61.9 Å². The molecule has 1 aromatic heterocycles. The number of aromatic amines is 1. The van der Waals surface area contributed by atoms with E-state index in [1.807, 2.05) is 48.5 Å². The molecule has 3 aromatic rings. The van der Waals surface area contributed by atoms with E-state index in [-0.39, 0.29) is 11.8 Å². The topological polar surface area (TPSA) is 62.0 Å². The van der Waals surface area contributed by atoms with E-state index < -0.39 is 0 Å². The standard InChI is InChI=1S/C25H30N2O2/c1-3-5-9-19(8-4-2)24(28)16-18-12-14-20(15-13-18)27-25(29)22-17-26-23-11-7-6-10-21(22)23/h6-7,10-15,17,19,26H,3-5,8-9,16H2,1-2H3,(H,27,29). The van der Waals surface area contributed by atoms with Crippen LogP contribution in [0, 0.1) is 5.92 Å². The van der Waals surface area contributed by atoms with Crippen molar-refractivity contribution in [3.63, 3.8) is 0 Å². The number of nitrogens with one attached hydrogen (secondary N) is 2. The molecule has 0 radical (unpaired) electrons. The molecule has 152 valence electrons. The van der Waals surface area contributed by atoms with Crippen LogP contribution in [-0.2, 0) is 11.2 Å². The lowest BCUT2D eigenvalue weighted by Gasteiger charge is -2.14. The van der Waals surface area contributed by atoms with Crippen molar-refractivity contribution in [1.82, 2.24) is 4.98 Å². The van der Waals surface area contributed by atoms with E-state index in [2.05, 4.69) is 24.1 Å². The number of fused-ring (bicyclic) bond motifs is 1. The van der Waals surface area contributed by atoms with Crippen molar-refractivity contribution in [3.8, 4) is 0 Å². The molecule has 3 rings (SSSR count). The lowest BCUT2D eigenvalue weighted by molar-refractivity contribution is -0.122. The fourth-order valence-corrected chi connectivity index (χ4v) is 3.77. The Balaban J connectivity index is 1.62. The maximum absolute atomic E-state index is 12.7. The Labute approximate surface area is 172 Å². The van der Waals surface area contributed by atoms with Crippen LogP contribution >= 0.6 is 0 Å². The summed E-state index contributed by atoms with van der Waals surface area (Å²) in [6, 6.07) is 15.4. The third kappa shape index (κ3) is 5.35. The smallest absolute Gasteiger partial charge is 0.257 e. The van der Waals surface area contributed by atoms with E-state index in [0.29, 0.717) is 17.8 Å². The zero-order valence-corrected chi connectivity index (χ0v) is 17.3. The molecule has 0 saturated carbocycles. The van der Waals surface area contributed by atoms with Gasteiger partial charge in [0.1, 0.15) is 5.78 Å². The number of aromatic nitrogens is 1. The fraction of sp³-hybridized carbons (Fsp3) is 0.360. The Morgan fingerprint density at radius 3 is 2.45 bits per heavy atom. The van der Waals surface area contributed by atoms with Crippen LogP contribution < -0.4 is 5.32 Å². The maximum atomic E-state index is 12.7. The summed E-state index contributed by atoms with van der Waals surface area (Å²) in [6.45, 7) is 4.30. The van der Waals surface area contributed by atoms with Crippen LogP contribution in [0.25, 0.3) is 10.9 Å². The molecule has 2 N–H and O–H groups in total. The third-order valence-corrected chi connectivity index (χ3v) is 5.42. The number of amides is 1. The second-order valence-corrected chi connectivity index (χ2v) is 7.67. The first-order valence-electron chi connectivity index (χ1n) is 10.6. The van der Waals surface area contributed by atoms with E-state index in [1.165, 1.54) is 0 Å². The SMILES string of the molecule is CCCCC(CCC)C(=O)Cc1ccc(NC(=O)c2c[nH]c3ccccc23)cc1. The predicted molar refractivity (Wildman–Crippen MR) is 119 cm³/mol. The summed E-state index contributed by atoms with van der Waals surface area (Å²) < 4.78 is 0. The number of ketones is 1. The van der Waals surface area contributed by atoms with Gasteiger partial charge in [-0.05, 0) is 36.6 Å². The zero-order valence-electron chi connectivity index (χ0n) is 17.3. The van der Waals surface area contributed by atoms with E-state index in [0.717, 1.165) is 54.3 Å². The van der Waals surface area contributed by atoms with Gasteiger partial charge in [0.15, 0.2) is 0 Å². The van der Waals surface area contributed by atoms with Gasteiger partial charge in [0.05, 0.1) is 5.56 Å². The van der Waals surface area contributed by atoms with Crippen LogP contribution in [0.2, 0.25) is 0 Å². The summed E-state index contributed by atoms with van der Waals surface area (Å²) in [5.74, 6) is 0.353. The van der Waals surface area contributed by atoms with Crippen molar-refractivity contribution >= 4 is 28.3 Å². The molecule has 1 amide bonds. The molecule has 4 nitrogen and oxygen atoms in total. The molecule has 0 aliphatic rings. The number of H-pyrrole nitrogens is 1. The van der Waals surface area contributed by atoms with Gasteiger partial charge in [-0.1, -0.05) is 63.4 Å². The van der Waals surface area contributed by atoms with Gasteiger partial charge in [-0.15, -0.1) is 0 Å². The summed E-state index contributed by atoms with van der Waals surface area (Å²) in [4.78, 5) is 28.4. The van der Waals surface area contributed by atoms with E-state index in [4.69, 9.17) is 0 Å². The van der Waals surface area contributed by atoms with Crippen molar-refractivity contribution in [3.05, 3.63) is 65.9 Å². The van der Waals surface area contributed by atoms with Gasteiger partial charge in [-0.2, -0.15) is 0 Å². The van der Waals surface area contributed by atoms with Gasteiger partial charge in [-0.25, -0.2) is 0 Å². The monoisotopic (exact) mass is 390 g/mol. The Bertz CT molecular complexity index is 956. The molecule has 0 bridgehead atoms. The molecule has 29 heavy (non-hydrogen) atoms. The van der Waals surface area contributed by atoms with E-state index in [1.54, 1.807) is 6.20 Å². The Hall–Kier alpha value is -2.88. The average Bonchev–Trinajstić information content (AvgIpc) is 3.17. The maximum Gasteiger partial charge on any atom is 0.257 e. The highest BCUT2D eigenvalue weighted by Gasteiger charge is 2.17. The highest BCUT2D eigenvalue weighted by atomic mass is 16.1. The number of anilines is 1. The Morgan fingerprint density at radius 1 is 0.966 bits per heavy atom. The minimum atomic E-state index is -0.145. The predicted octanol–water partition coefficient (Wildman–Crippen LogP) is 6.14. The van der Waals surface area contributed by atoms with Gasteiger partial charge in [-0.3, -0.25) is 9.59 Å². The van der Waals surface area contributed by atoms with Gasteiger partial charge < -0.3 is 10.3 Å². The van der Waals surface area contributed by atoms with Crippen LogP contribution in [0.3, 0.4) is 0 Å². The highest BCUT2D eigenvalue weighted by molar-refractivity contribution is 6.12. The lowest BCUT2D eigenvalue weighted by atomic mass is 9.89. The van der Waals surface area contributed by atoms with Crippen molar-refractivity contribution in [2.24, 2.45) is 5.92 Å². The van der Waals surface area contributed by atoms with Crippen molar-refractivity contribution in [1.29, 1.82) is 0 Å². The molecule has 1 atom stereocenters. The van der Waals surface area contributed by atoms with Crippen LogP contribution in [0.4, 0.5) is 5.69 Å². The Morgan fingerprint density at radius 2 is 1.72 bits per heavy atom. The quantitative estimate of drug-likeness (QED) is 0.437. The molecule has 1 unspecified atom stereocenters. The molecular weight excluding hydrogens is 360 g/mol. The van der Waals surface area contributed by atoms with E-state index >= 15 is 0 Å². The van der Waals surface area contributed by atoms with Crippen LogP contribution in [-0.4, -0.2) is 16.7 Å². The number of benzene rings is 2. The highest BCUT2D eigenvalue weighted by Crippen LogP contribution is 2.21. The number of hydrogen-bond donors (Lipinski definition) is 2. The molecule has 4 heteroatoms. The summed E-state index contributed by atoms with van der Waals surface area (Å²) in [5.41, 5.74) is 3.29. The van der Waals surface area contributed by atoms with Gasteiger partial charge in [0.25, 0.3) is 5.91 Å². The molecule has 0 aliphatic heterocycles. The van der Waals surface area contributed by atoms with Crippen molar-refractivity contribution in [2.45, 2.75) is 52.4 Å². The first kappa shape index (κ1) is 20.8. The fourth-order valence-electron chi connectivity index (χ4n) is 3.77. The number of hydrogen-bond acceptors (Lipinski definition) is 2. The summed E-state index contributed by atoms with van der Waals surface area (Å²) in [6.07, 6.45) is 7.42. The Kier molecular flexibility index (Phi) is 7.23. The second kappa shape index (κ2) is 10.1. The largest absolute Gasteiger partial charge is 0.360 e. The first-order valence-corrected chi connectivity index (χ1v) is 10.6. The van der Waals surface area contributed by atoms with Gasteiger partial charge in [0.2, 0.25) is 0 Å². The van der Waals surface area contributed by atoms with Crippen LogP contribution in [0.5, 0.6) is 0 Å². The number of rotatable bonds is 10. The number of Topliss-reactive ketones (excluding diaryl/α,β-unsaturated/α-hetero) is 1. The van der Waals surface area contributed by atoms with Crippen LogP contribution in [0.15, 0.2) is 54.7 Å².